The standard InChI is InChI=1S/C16H16FNO/c1-12-10-14(17)8-9-15(12)16(19)18(2)11-13-6-4-3-5-7-13/h3-10H,11H2,1-2H3. The van der Waals surface area contributed by atoms with E-state index in [0.29, 0.717) is 17.7 Å². The zero-order valence-electron chi connectivity index (χ0n) is 11.1. The second kappa shape index (κ2) is 5.65. The van der Waals surface area contributed by atoms with Crippen molar-refractivity contribution in [2.45, 2.75) is 13.5 Å². The molecule has 0 unspecified atom stereocenters. The summed E-state index contributed by atoms with van der Waals surface area (Å²) in [6.07, 6.45) is 0. The molecule has 0 aliphatic rings. The van der Waals surface area contributed by atoms with Gasteiger partial charge in [-0.3, -0.25) is 4.79 Å². The SMILES string of the molecule is Cc1cc(F)ccc1C(=O)N(C)Cc1ccccc1. The van der Waals surface area contributed by atoms with Crippen molar-refractivity contribution in [3.8, 4) is 0 Å². The summed E-state index contributed by atoms with van der Waals surface area (Å²) in [5.74, 6) is -0.416. The highest BCUT2D eigenvalue weighted by molar-refractivity contribution is 5.95. The lowest BCUT2D eigenvalue weighted by molar-refractivity contribution is 0.0784. The summed E-state index contributed by atoms with van der Waals surface area (Å²) in [5, 5.41) is 0. The van der Waals surface area contributed by atoms with E-state index in [0.717, 1.165) is 5.56 Å². The molecule has 0 heterocycles. The molecule has 2 nitrogen and oxygen atoms in total. The van der Waals surface area contributed by atoms with Crippen LogP contribution in [0, 0.1) is 12.7 Å². The van der Waals surface area contributed by atoms with Crippen LogP contribution >= 0.6 is 0 Å². The molecule has 3 heteroatoms. The van der Waals surface area contributed by atoms with Gasteiger partial charge in [0.25, 0.3) is 5.91 Å². The van der Waals surface area contributed by atoms with E-state index >= 15 is 0 Å². The highest BCUT2D eigenvalue weighted by atomic mass is 19.1. The number of carbonyl (C=O) groups is 1. The summed E-state index contributed by atoms with van der Waals surface area (Å²) in [6, 6.07) is 14.0. The van der Waals surface area contributed by atoms with Crippen molar-refractivity contribution < 1.29 is 9.18 Å². The summed E-state index contributed by atoms with van der Waals surface area (Å²) in [4.78, 5) is 13.9. The van der Waals surface area contributed by atoms with Crippen LogP contribution in [0.15, 0.2) is 48.5 Å². The van der Waals surface area contributed by atoms with Crippen LogP contribution < -0.4 is 0 Å². The monoisotopic (exact) mass is 257 g/mol. The summed E-state index contributed by atoms with van der Waals surface area (Å²) in [5.41, 5.74) is 2.27. The van der Waals surface area contributed by atoms with Gasteiger partial charge in [0, 0.05) is 19.2 Å². The Labute approximate surface area is 112 Å². The Morgan fingerprint density at radius 2 is 1.84 bits per heavy atom. The third-order valence-corrected chi connectivity index (χ3v) is 3.03. The van der Waals surface area contributed by atoms with Crippen LogP contribution in [0.1, 0.15) is 21.5 Å². The molecule has 0 N–H and O–H groups in total. The van der Waals surface area contributed by atoms with E-state index in [9.17, 15) is 9.18 Å². The van der Waals surface area contributed by atoms with Gasteiger partial charge in [-0.05, 0) is 36.2 Å². The van der Waals surface area contributed by atoms with Crippen molar-refractivity contribution in [1.82, 2.24) is 4.90 Å². The van der Waals surface area contributed by atoms with E-state index in [1.54, 1.807) is 18.9 Å². The molecule has 2 aromatic rings. The third kappa shape index (κ3) is 3.19. The number of hydrogen-bond acceptors (Lipinski definition) is 1. The Morgan fingerprint density at radius 1 is 1.16 bits per heavy atom. The minimum atomic E-state index is -0.320. The van der Waals surface area contributed by atoms with Gasteiger partial charge >= 0.3 is 0 Å². The van der Waals surface area contributed by atoms with Crippen molar-refractivity contribution in [2.75, 3.05) is 7.05 Å². The molecular weight excluding hydrogens is 241 g/mol. The zero-order valence-corrected chi connectivity index (χ0v) is 11.1. The summed E-state index contributed by atoms with van der Waals surface area (Å²) < 4.78 is 13.0. The molecule has 0 spiro atoms. The zero-order chi connectivity index (χ0) is 13.8. The maximum atomic E-state index is 13.0. The molecule has 0 aromatic heterocycles. The van der Waals surface area contributed by atoms with Gasteiger partial charge in [0.1, 0.15) is 5.82 Å². The Hall–Kier alpha value is -2.16. The van der Waals surface area contributed by atoms with Crippen molar-refractivity contribution in [2.24, 2.45) is 0 Å². The molecule has 0 saturated heterocycles. The van der Waals surface area contributed by atoms with E-state index in [2.05, 4.69) is 0 Å². The van der Waals surface area contributed by atoms with Crippen molar-refractivity contribution in [3.63, 3.8) is 0 Å². The van der Waals surface area contributed by atoms with Gasteiger partial charge in [-0.25, -0.2) is 4.39 Å². The number of aryl methyl sites for hydroxylation is 1. The van der Waals surface area contributed by atoms with Gasteiger partial charge in [-0.2, -0.15) is 0 Å². The molecule has 1 amide bonds. The molecule has 2 rings (SSSR count). The largest absolute Gasteiger partial charge is 0.337 e. The van der Waals surface area contributed by atoms with Crippen LogP contribution in [-0.4, -0.2) is 17.9 Å². The first-order chi connectivity index (χ1) is 9.08. The molecule has 0 bridgehead atoms. The van der Waals surface area contributed by atoms with E-state index in [-0.39, 0.29) is 11.7 Å². The van der Waals surface area contributed by atoms with Crippen molar-refractivity contribution in [3.05, 3.63) is 71.0 Å². The molecule has 0 atom stereocenters. The first kappa shape index (κ1) is 13.3. The minimum Gasteiger partial charge on any atom is -0.337 e. The average molecular weight is 257 g/mol. The number of carbonyl (C=O) groups excluding carboxylic acids is 1. The van der Waals surface area contributed by atoms with Gasteiger partial charge in [0.2, 0.25) is 0 Å². The topological polar surface area (TPSA) is 20.3 Å². The Morgan fingerprint density at radius 3 is 2.47 bits per heavy atom. The third-order valence-electron chi connectivity index (χ3n) is 3.03. The minimum absolute atomic E-state index is 0.0960. The molecule has 0 aliphatic heterocycles. The molecular formula is C16H16FNO. The molecule has 0 fully saturated rings. The maximum absolute atomic E-state index is 13.0. The van der Waals surface area contributed by atoms with E-state index in [1.807, 2.05) is 30.3 Å². The lowest BCUT2D eigenvalue weighted by Crippen LogP contribution is -2.26. The van der Waals surface area contributed by atoms with Crippen molar-refractivity contribution in [1.29, 1.82) is 0 Å². The first-order valence-corrected chi connectivity index (χ1v) is 6.13. The van der Waals surface area contributed by atoms with Gasteiger partial charge < -0.3 is 4.90 Å². The molecule has 2 aromatic carbocycles. The van der Waals surface area contributed by atoms with Crippen molar-refractivity contribution >= 4 is 5.91 Å². The maximum Gasteiger partial charge on any atom is 0.254 e. The van der Waals surface area contributed by atoms with Crippen LogP contribution in [0.4, 0.5) is 4.39 Å². The van der Waals surface area contributed by atoms with Crippen LogP contribution in [0.3, 0.4) is 0 Å². The number of amides is 1. The number of benzene rings is 2. The lowest BCUT2D eigenvalue weighted by atomic mass is 10.1. The highest BCUT2D eigenvalue weighted by Gasteiger charge is 2.14. The first-order valence-electron chi connectivity index (χ1n) is 6.13. The normalized spacial score (nSPS) is 10.3. The number of halogens is 1. The quantitative estimate of drug-likeness (QED) is 0.825. The van der Waals surface area contributed by atoms with Gasteiger partial charge in [0.15, 0.2) is 0 Å². The van der Waals surface area contributed by atoms with Crippen LogP contribution in [0.25, 0.3) is 0 Å². The lowest BCUT2D eigenvalue weighted by Gasteiger charge is -2.18. The number of nitrogens with zero attached hydrogens (tertiary/aromatic N) is 1. The van der Waals surface area contributed by atoms with Crippen LogP contribution in [0.5, 0.6) is 0 Å². The summed E-state index contributed by atoms with van der Waals surface area (Å²) in [6.45, 7) is 2.28. The smallest absolute Gasteiger partial charge is 0.254 e. The number of hydrogen-bond donors (Lipinski definition) is 0. The second-order valence-electron chi connectivity index (χ2n) is 4.61. The Balaban J connectivity index is 2.15. The Bertz CT molecular complexity index is 581. The second-order valence-corrected chi connectivity index (χ2v) is 4.61. The fraction of sp³-hybridized carbons (Fsp3) is 0.188. The van der Waals surface area contributed by atoms with Crippen LogP contribution in [-0.2, 0) is 6.54 Å². The predicted molar refractivity (Wildman–Crippen MR) is 73.4 cm³/mol. The van der Waals surface area contributed by atoms with E-state index < -0.39 is 0 Å². The van der Waals surface area contributed by atoms with Gasteiger partial charge in [-0.1, -0.05) is 30.3 Å². The molecule has 0 radical (unpaired) electrons. The van der Waals surface area contributed by atoms with E-state index in [1.165, 1.54) is 18.2 Å². The summed E-state index contributed by atoms with van der Waals surface area (Å²) >= 11 is 0. The summed E-state index contributed by atoms with van der Waals surface area (Å²) in [7, 11) is 1.75. The molecule has 0 saturated carbocycles. The molecule has 19 heavy (non-hydrogen) atoms. The Kier molecular flexibility index (Phi) is 3.95. The molecule has 98 valence electrons. The fourth-order valence-electron chi connectivity index (χ4n) is 2.00. The average Bonchev–Trinajstić information content (AvgIpc) is 2.39. The number of rotatable bonds is 3. The predicted octanol–water partition coefficient (Wildman–Crippen LogP) is 3.41. The fourth-order valence-corrected chi connectivity index (χ4v) is 2.00. The van der Waals surface area contributed by atoms with Gasteiger partial charge in [0.05, 0.1) is 0 Å². The molecule has 0 aliphatic carbocycles. The van der Waals surface area contributed by atoms with Crippen LogP contribution in [0.2, 0.25) is 0 Å². The highest BCUT2D eigenvalue weighted by Crippen LogP contribution is 2.14. The van der Waals surface area contributed by atoms with Gasteiger partial charge in [-0.15, -0.1) is 0 Å². The van der Waals surface area contributed by atoms with E-state index in [4.69, 9.17) is 0 Å².